The van der Waals surface area contributed by atoms with Gasteiger partial charge in [0.25, 0.3) is 0 Å². The van der Waals surface area contributed by atoms with Crippen LogP contribution in [0.5, 0.6) is 0 Å². The topological polar surface area (TPSA) is 15.6 Å². The molecule has 126 valence electrons. The summed E-state index contributed by atoms with van der Waals surface area (Å²) in [6.45, 7) is 11.9. The number of benzodiazepines with no additional fused rings is 1. The summed E-state index contributed by atoms with van der Waals surface area (Å²) < 4.78 is 0. The zero-order valence-corrected chi connectivity index (χ0v) is 15.3. The average molecular weight is 320 g/mol. The van der Waals surface area contributed by atoms with Crippen molar-refractivity contribution in [1.29, 1.82) is 0 Å². The molecule has 0 N–H and O–H groups in total. The molecule has 2 heteroatoms. The number of para-hydroxylation sites is 1. The van der Waals surface area contributed by atoms with Crippen LogP contribution in [0.15, 0.2) is 64.7 Å². The number of hydrogen-bond acceptors (Lipinski definition) is 2. The van der Waals surface area contributed by atoms with Gasteiger partial charge in [0.15, 0.2) is 0 Å². The fourth-order valence-corrected chi connectivity index (χ4v) is 3.26. The van der Waals surface area contributed by atoms with E-state index >= 15 is 0 Å². The van der Waals surface area contributed by atoms with E-state index in [0.717, 1.165) is 31.8 Å². The average Bonchev–Trinajstić information content (AvgIpc) is 2.75. The highest BCUT2D eigenvalue weighted by Gasteiger charge is 2.21. The molecule has 0 amide bonds. The van der Waals surface area contributed by atoms with E-state index in [0.29, 0.717) is 0 Å². The summed E-state index contributed by atoms with van der Waals surface area (Å²) >= 11 is 0. The molecule has 1 aliphatic carbocycles. The van der Waals surface area contributed by atoms with Crippen molar-refractivity contribution >= 4 is 11.4 Å². The number of rotatable bonds is 3. The Kier molecular flexibility index (Phi) is 4.75. The van der Waals surface area contributed by atoms with E-state index in [1.807, 2.05) is 0 Å². The molecule has 2 nitrogen and oxygen atoms in total. The molecule has 0 bridgehead atoms. The van der Waals surface area contributed by atoms with Gasteiger partial charge in [-0.05, 0) is 43.4 Å². The Morgan fingerprint density at radius 2 is 2.00 bits per heavy atom. The molecule has 3 rings (SSSR count). The Morgan fingerprint density at radius 3 is 2.75 bits per heavy atom. The second kappa shape index (κ2) is 6.80. The molecule has 1 aromatic carbocycles. The molecule has 0 aromatic heterocycles. The maximum Gasteiger partial charge on any atom is 0.0668 e. The lowest BCUT2D eigenvalue weighted by molar-refractivity contribution is 0.447. The smallest absolute Gasteiger partial charge is 0.0668 e. The third-order valence-electron chi connectivity index (χ3n) is 5.29. The van der Waals surface area contributed by atoms with Gasteiger partial charge in [0.1, 0.15) is 0 Å². The Bertz CT molecular complexity index is 732. The molecule has 1 heterocycles. The SMILES string of the molecule is CCN1CCN=C(/C=C/C2=CCC(C)(C)C(C)=C2)c2ccccc21. The van der Waals surface area contributed by atoms with Gasteiger partial charge >= 0.3 is 0 Å². The first-order valence-corrected chi connectivity index (χ1v) is 8.97. The predicted molar refractivity (Wildman–Crippen MR) is 105 cm³/mol. The quantitative estimate of drug-likeness (QED) is 0.750. The summed E-state index contributed by atoms with van der Waals surface area (Å²) in [5.74, 6) is 0. The first kappa shape index (κ1) is 16.8. The highest BCUT2D eigenvalue weighted by molar-refractivity contribution is 6.12. The number of fused-ring (bicyclic) bond motifs is 1. The summed E-state index contributed by atoms with van der Waals surface area (Å²) in [7, 11) is 0. The summed E-state index contributed by atoms with van der Waals surface area (Å²) in [5.41, 5.74) is 6.66. The number of benzene rings is 1. The highest BCUT2D eigenvalue weighted by atomic mass is 15.1. The van der Waals surface area contributed by atoms with E-state index in [1.54, 1.807) is 0 Å². The standard InChI is InChI=1S/C22H28N2/c1-5-24-15-14-23-20(19-8-6-7-9-21(19)24)11-10-18-12-13-22(3,4)17(2)16-18/h6-12,16H,5,13-15H2,1-4H3/b11-10+. The molecule has 0 atom stereocenters. The molecule has 0 saturated heterocycles. The van der Waals surface area contributed by atoms with Crippen molar-refractivity contribution in [2.24, 2.45) is 10.4 Å². The fourth-order valence-electron chi connectivity index (χ4n) is 3.26. The van der Waals surface area contributed by atoms with Crippen molar-refractivity contribution in [2.75, 3.05) is 24.5 Å². The lowest BCUT2D eigenvalue weighted by atomic mass is 9.77. The summed E-state index contributed by atoms with van der Waals surface area (Å²) in [5, 5.41) is 0. The molecule has 0 unspecified atom stereocenters. The van der Waals surface area contributed by atoms with Crippen LogP contribution in [-0.4, -0.2) is 25.3 Å². The Hall–Kier alpha value is -2.09. The number of anilines is 1. The lowest BCUT2D eigenvalue weighted by Crippen LogP contribution is -2.25. The minimum Gasteiger partial charge on any atom is -0.369 e. The minimum atomic E-state index is 0.283. The van der Waals surface area contributed by atoms with Crippen molar-refractivity contribution in [2.45, 2.75) is 34.1 Å². The maximum atomic E-state index is 4.84. The van der Waals surface area contributed by atoms with Crippen LogP contribution in [0.2, 0.25) is 0 Å². The van der Waals surface area contributed by atoms with E-state index in [1.165, 1.54) is 22.4 Å². The second-order valence-corrected chi connectivity index (χ2v) is 7.32. The van der Waals surface area contributed by atoms with Gasteiger partial charge in [-0.1, -0.05) is 55.8 Å². The largest absolute Gasteiger partial charge is 0.369 e. The van der Waals surface area contributed by atoms with Crippen LogP contribution < -0.4 is 4.90 Å². The molecular weight excluding hydrogens is 292 g/mol. The van der Waals surface area contributed by atoms with Gasteiger partial charge in [-0.25, -0.2) is 0 Å². The van der Waals surface area contributed by atoms with Gasteiger partial charge in [-0.15, -0.1) is 0 Å². The molecule has 1 aromatic rings. The van der Waals surface area contributed by atoms with Crippen LogP contribution in [0.1, 0.15) is 39.7 Å². The van der Waals surface area contributed by atoms with E-state index in [2.05, 4.69) is 81.2 Å². The monoisotopic (exact) mass is 320 g/mol. The minimum absolute atomic E-state index is 0.283. The Morgan fingerprint density at radius 1 is 1.21 bits per heavy atom. The van der Waals surface area contributed by atoms with Gasteiger partial charge in [0, 0.05) is 24.3 Å². The van der Waals surface area contributed by atoms with Crippen LogP contribution in [0.3, 0.4) is 0 Å². The lowest BCUT2D eigenvalue weighted by Gasteiger charge is -2.28. The van der Waals surface area contributed by atoms with E-state index in [9.17, 15) is 0 Å². The number of nitrogens with zero attached hydrogens (tertiary/aromatic N) is 2. The van der Waals surface area contributed by atoms with Gasteiger partial charge in [-0.3, -0.25) is 4.99 Å². The van der Waals surface area contributed by atoms with E-state index in [-0.39, 0.29) is 5.41 Å². The van der Waals surface area contributed by atoms with Crippen molar-refractivity contribution in [3.05, 3.63) is 65.3 Å². The molecule has 24 heavy (non-hydrogen) atoms. The Balaban J connectivity index is 1.88. The summed E-state index contributed by atoms with van der Waals surface area (Å²) in [6, 6.07) is 8.62. The van der Waals surface area contributed by atoms with E-state index < -0.39 is 0 Å². The van der Waals surface area contributed by atoms with Crippen molar-refractivity contribution in [1.82, 2.24) is 0 Å². The fraction of sp³-hybridized carbons (Fsp3) is 0.409. The first-order chi connectivity index (χ1) is 11.5. The maximum absolute atomic E-state index is 4.84. The highest BCUT2D eigenvalue weighted by Crippen LogP contribution is 2.35. The molecule has 1 aliphatic heterocycles. The Labute approximate surface area is 146 Å². The van der Waals surface area contributed by atoms with Crippen LogP contribution in [0.25, 0.3) is 0 Å². The number of allylic oxidation sites excluding steroid dienone is 6. The molecule has 0 spiro atoms. The van der Waals surface area contributed by atoms with Gasteiger partial charge < -0.3 is 4.90 Å². The third-order valence-corrected chi connectivity index (χ3v) is 5.29. The van der Waals surface area contributed by atoms with Gasteiger partial charge in [0.2, 0.25) is 0 Å². The van der Waals surface area contributed by atoms with E-state index in [4.69, 9.17) is 4.99 Å². The molecule has 0 saturated carbocycles. The van der Waals surface area contributed by atoms with Crippen molar-refractivity contribution in [3.8, 4) is 0 Å². The summed E-state index contributed by atoms with van der Waals surface area (Å²) in [4.78, 5) is 7.24. The normalized spacial score (nSPS) is 20.2. The number of hydrogen-bond donors (Lipinski definition) is 0. The third kappa shape index (κ3) is 3.38. The van der Waals surface area contributed by atoms with Gasteiger partial charge in [0.05, 0.1) is 12.3 Å². The van der Waals surface area contributed by atoms with Crippen molar-refractivity contribution in [3.63, 3.8) is 0 Å². The molecular formula is C22H28N2. The first-order valence-electron chi connectivity index (χ1n) is 8.97. The van der Waals surface area contributed by atoms with Crippen LogP contribution in [0.4, 0.5) is 5.69 Å². The van der Waals surface area contributed by atoms with Crippen LogP contribution in [-0.2, 0) is 0 Å². The zero-order chi connectivity index (χ0) is 17.2. The second-order valence-electron chi connectivity index (χ2n) is 7.32. The zero-order valence-electron chi connectivity index (χ0n) is 15.3. The number of aliphatic imine (C=N–C) groups is 1. The predicted octanol–water partition coefficient (Wildman–Crippen LogP) is 5.17. The van der Waals surface area contributed by atoms with Crippen LogP contribution >= 0.6 is 0 Å². The molecule has 0 fully saturated rings. The molecule has 2 aliphatic rings. The van der Waals surface area contributed by atoms with Crippen molar-refractivity contribution < 1.29 is 0 Å². The van der Waals surface area contributed by atoms with Crippen LogP contribution in [0, 0.1) is 5.41 Å². The number of likely N-dealkylation sites (N-methyl/N-ethyl adjacent to an activating group) is 1. The van der Waals surface area contributed by atoms with Gasteiger partial charge in [-0.2, -0.15) is 0 Å². The summed E-state index contributed by atoms with van der Waals surface area (Å²) in [6.07, 6.45) is 10.1. The molecule has 0 radical (unpaired) electrons.